The van der Waals surface area contributed by atoms with Gasteiger partial charge in [0.15, 0.2) is 0 Å². The SMILES string of the molecule is C#CCC1CCN(C(=O)Oc2ccccc2[N+](=O)[O-])CC1. The van der Waals surface area contributed by atoms with Crippen LogP contribution in [-0.4, -0.2) is 29.0 Å². The van der Waals surface area contributed by atoms with Gasteiger partial charge in [-0.15, -0.1) is 12.3 Å². The zero-order valence-corrected chi connectivity index (χ0v) is 11.5. The van der Waals surface area contributed by atoms with E-state index in [-0.39, 0.29) is 11.4 Å². The van der Waals surface area contributed by atoms with Crippen LogP contribution in [0.1, 0.15) is 19.3 Å². The Kier molecular flexibility index (Phi) is 4.77. The minimum absolute atomic E-state index is 0.0294. The normalized spacial score (nSPS) is 15.3. The van der Waals surface area contributed by atoms with Gasteiger partial charge in [-0.05, 0) is 24.8 Å². The molecule has 0 atom stereocenters. The highest BCUT2D eigenvalue weighted by molar-refractivity contribution is 5.72. The van der Waals surface area contributed by atoms with Crippen molar-refractivity contribution in [2.45, 2.75) is 19.3 Å². The number of likely N-dealkylation sites (tertiary alicyclic amines) is 1. The summed E-state index contributed by atoms with van der Waals surface area (Å²) in [5, 5.41) is 10.9. The molecule has 1 amide bonds. The molecule has 6 nitrogen and oxygen atoms in total. The summed E-state index contributed by atoms with van der Waals surface area (Å²) in [6.45, 7) is 1.12. The van der Waals surface area contributed by atoms with Crippen molar-refractivity contribution in [1.82, 2.24) is 4.90 Å². The molecule has 6 heteroatoms. The van der Waals surface area contributed by atoms with Crippen molar-refractivity contribution in [3.8, 4) is 18.1 Å². The molecule has 0 unspecified atom stereocenters. The Labute approximate surface area is 122 Å². The van der Waals surface area contributed by atoms with Gasteiger partial charge in [0.1, 0.15) is 0 Å². The Hall–Kier alpha value is -2.55. The average Bonchev–Trinajstić information content (AvgIpc) is 2.48. The molecule has 0 aliphatic carbocycles. The maximum absolute atomic E-state index is 12.0. The number of nitro groups is 1. The van der Waals surface area contributed by atoms with E-state index in [9.17, 15) is 14.9 Å². The van der Waals surface area contributed by atoms with E-state index in [1.165, 1.54) is 18.2 Å². The molecule has 0 spiro atoms. The molecule has 1 saturated heterocycles. The van der Waals surface area contributed by atoms with Gasteiger partial charge in [0.05, 0.1) is 4.92 Å². The number of nitrogens with zero attached hydrogens (tertiary/aromatic N) is 2. The van der Waals surface area contributed by atoms with Crippen LogP contribution in [0.3, 0.4) is 0 Å². The Bertz CT molecular complexity index is 571. The number of hydrogen-bond donors (Lipinski definition) is 0. The lowest BCUT2D eigenvalue weighted by molar-refractivity contribution is -0.385. The minimum Gasteiger partial charge on any atom is -0.403 e. The molecule has 1 fully saturated rings. The van der Waals surface area contributed by atoms with Crippen LogP contribution >= 0.6 is 0 Å². The van der Waals surface area contributed by atoms with Gasteiger partial charge in [-0.3, -0.25) is 10.1 Å². The van der Waals surface area contributed by atoms with E-state index in [1.807, 2.05) is 0 Å². The lowest BCUT2D eigenvalue weighted by Gasteiger charge is -2.30. The van der Waals surface area contributed by atoms with Crippen LogP contribution in [-0.2, 0) is 0 Å². The van der Waals surface area contributed by atoms with Crippen LogP contribution in [0.2, 0.25) is 0 Å². The van der Waals surface area contributed by atoms with Crippen LogP contribution in [0.25, 0.3) is 0 Å². The summed E-state index contributed by atoms with van der Waals surface area (Å²) in [6, 6.07) is 5.85. The summed E-state index contributed by atoms with van der Waals surface area (Å²) in [4.78, 5) is 23.9. The molecule has 0 saturated carbocycles. The summed E-state index contributed by atoms with van der Waals surface area (Å²) in [5.41, 5.74) is -0.215. The lowest BCUT2D eigenvalue weighted by atomic mass is 9.94. The van der Waals surface area contributed by atoms with Gasteiger partial charge in [0.2, 0.25) is 5.75 Å². The number of carbonyl (C=O) groups excluding carboxylic acids is 1. The zero-order chi connectivity index (χ0) is 15.2. The fourth-order valence-corrected chi connectivity index (χ4v) is 2.34. The van der Waals surface area contributed by atoms with Crippen molar-refractivity contribution >= 4 is 11.8 Å². The summed E-state index contributed by atoms with van der Waals surface area (Å²) >= 11 is 0. The van der Waals surface area contributed by atoms with Crippen LogP contribution in [0.15, 0.2) is 24.3 Å². The third kappa shape index (κ3) is 3.72. The monoisotopic (exact) mass is 288 g/mol. The number of terminal acetylenes is 1. The van der Waals surface area contributed by atoms with Crippen molar-refractivity contribution < 1.29 is 14.5 Å². The van der Waals surface area contributed by atoms with Crippen LogP contribution in [0.5, 0.6) is 5.75 Å². The predicted molar refractivity (Wildman–Crippen MR) is 76.9 cm³/mol. The molecule has 0 bridgehead atoms. The number of amides is 1. The predicted octanol–water partition coefficient (Wildman–Crippen LogP) is 2.83. The second-order valence-electron chi connectivity index (χ2n) is 4.93. The molecule has 1 aromatic rings. The van der Waals surface area contributed by atoms with Crippen molar-refractivity contribution in [2.75, 3.05) is 13.1 Å². The average molecular weight is 288 g/mol. The number of hydrogen-bond acceptors (Lipinski definition) is 4. The van der Waals surface area contributed by atoms with Gasteiger partial charge in [-0.2, -0.15) is 0 Å². The molecule has 0 aromatic heterocycles. The van der Waals surface area contributed by atoms with E-state index < -0.39 is 11.0 Å². The zero-order valence-electron chi connectivity index (χ0n) is 11.5. The van der Waals surface area contributed by atoms with Gasteiger partial charge in [-0.25, -0.2) is 4.79 Å². The highest BCUT2D eigenvalue weighted by atomic mass is 16.6. The summed E-state index contributed by atoms with van der Waals surface area (Å²) < 4.78 is 5.15. The highest BCUT2D eigenvalue weighted by Crippen LogP contribution is 2.27. The topological polar surface area (TPSA) is 72.7 Å². The number of para-hydroxylation sites is 2. The molecule has 1 aromatic carbocycles. The molecule has 21 heavy (non-hydrogen) atoms. The van der Waals surface area contributed by atoms with E-state index >= 15 is 0 Å². The van der Waals surface area contributed by atoms with Crippen LogP contribution in [0, 0.1) is 28.4 Å². The number of ether oxygens (including phenoxy) is 1. The van der Waals surface area contributed by atoms with E-state index in [2.05, 4.69) is 5.92 Å². The van der Waals surface area contributed by atoms with Gasteiger partial charge in [0, 0.05) is 25.6 Å². The molecule has 1 aliphatic heterocycles. The van der Waals surface area contributed by atoms with Gasteiger partial charge in [-0.1, -0.05) is 12.1 Å². The molecule has 110 valence electrons. The second-order valence-corrected chi connectivity index (χ2v) is 4.93. The van der Waals surface area contributed by atoms with Crippen LogP contribution in [0.4, 0.5) is 10.5 Å². The maximum Gasteiger partial charge on any atom is 0.415 e. The summed E-state index contributed by atoms with van der Waals surface area (Å²) in [6.07, 6.45) is 7.10. The van der Waals surface area contributed by atoms with E-state index in [1.54, 1.807) is 11.0 Å². The number of rotatable bonds is 3. The number of benzene rings is 1. The first-order valence-corrected chi connectivity index (χ1v) is 6.75. The van der Waals surface area contributed by atoms with E-state index in [0.29, 0.717) is 25.4 Å². The molecule has 1 aliphatic rings. The smallest absolute Gasteiger partial charge is 0.403 e. The Morgan fingerprint density at radius 3 is 2.71 bits per heavy atom. The molecular weight excluding hydrogens is 272 g/mol. The molecule has 2 rings (SSSR count). The first kappa shape index (κ1) is 14.9. The summed E-state index contributed by atoms with van der Waals surface area (Å²) in [5.74, 6) is 3.04. The minimum atomic E-state index is -0.568. The van der Waals surface area contributed by atoms with Gasteiger partial charge >= 0.3 is 11.8 Å². The Balaban J connectivity index is 1.97. The van der Waals surface area contributed by atoms with Crippen LogP contribution < -0.4 is 4.74 Å². The maximum atomic E-state index is 12.0. The molecule has 0 radical (unpaired) electrons. The first-order chi connectivity index (χ1) is 10.1. The van der Waals surface area contributed by atoms with Gasteiger partial charge < -0.3 is 9.64 Å². The molecular formula is C15H16N2O4. The van der Waals surface area contributed by atoms with E-state index in [4.69, 9.17) is 11.2 Å². The second kappa shape index (κ2) is 6.75. The summed E-state index contributed by atoms with van der Waals surface area (Å²) in [7, 11) is 0. The Morgan fingerprint density at radius 1 is 1.43 bits per heavy atom. The van der Waals surface area contributed by atoms with Gasteiger partial charge in [0.25, 0.3) is 0 Å². The Morgan fingerprint density at radius 2 is 2.10 bits per heavy atom. The first-order valence-electron chi connectivity index (χ1n) is 6.75. The fourth-order valence-electron chi connectivity index (χ4n) is 2.34. The van der Waals surface area contributed by atoms with Crippen molar-refractivity contribution in [3.05, 3.63) is 34.4 Å². The third-order valence-corrected chi connectivity index (χ3v) is 3.54. The van der Waals surface area contributed by atoms with Crippen molar-refractivity contribution in [2.24, 2.45) is 5.92 Å². The van der Waals surface area contributed by atoms with Crippen molar-refractivity contribution in [1.29, 1.82) is 0 Å². The number of piperidine rings is 1. The fraction of sp³-hybridized carbons (Fsp3) is 0.400. The highest BCUT2D eigenvalue weighted by Gasteiger charge is 2.25. The number of nitro benzene ring substituents is 1. The van der Waals surface area contributed by atoms with Crippen molar-refractivity contribution in [3.63, 3.8) is 0 Å². The lowest BCUT2D eigenvalue weighted by Crippen LogP contribution is -2.40. The molecule has 0 N–H and O–H groups in total. The quantitative estimate of drug-likeness (QED) is 0.487. The molecule has 1 heterocycles. The number of carbonyl (C=O) groups is 1. The van der Waals surface area contributed by atoms with E-state index in [0.717, 1.165) is 12.8 Å². The standard InChI is InChI=1S/C15H16N2O4/c1-2-5-12-8-10-16(11-9-12)15(18)21-14-7-4-3-6-13(14)17(19)20/h1,3-4,6-7,12H,5,8-11H2. The third-order valence-electron chi connectivity index (χ3n) is 3.54. The largest absolute Gasteiger partial charge is 0.415 e.